The first-order valence-corrected chi connectivity index (χ1v) is 15.1. The highest BCUT2D eigenvalue weighted by Gasteiger charge is 2.32. The fourth-order valence-corrected chi connectivity index (χ4v) is 4.79. The van der Waals surface area contributed by atoms with Gasteiger partial charge >= 0.3 is 11.6 Å². The zero-order chi connectivity index (χ0) is 35.7. The van der Waals surface area contributed by atoms with Crippen molar-refractivity contribution in [3.63, 3.8) is 0 Å². The van der Waals surface area contributed by atoms with E-state index in [0.717, 1.165) is 0 Å². The minimum absolute atomic E-state index is 0.0278. The van der Waals surface area contributed by atoms with Gasteiger partial charge in [0.1, 0.15) is 35.5 Å². The lowest BCUT2D eigenvalue weighted by Gasteiger charge is -2.27. The van der Waals surface area contributed by atoms with Crippen molar-refractivity contribution in [1.29, 1.82) is 0 Å². The summed E-state index contributed by atoms with van der Waals surface area (Å²) < 4.78 is 5.18. The molecule has 1 heterocycles. The summed E-state index contributed by atoms with van der Waals surface area (Å²) >= 11 is 0. The van der Waals surface area contributed by atoms with E-state index in [2.05, 4.69) is 26.6 Å². The number of carbonyl (C=O) groups excluding carboxylic acids is 5. The number of hydrogen-bond acceptors (Lipinski definition) is 9. The van der Waals surface area contributed by atoms with Crippen LogP contribution in [0.4, 0.5) is 5.69 Å². The molecule has 0 saturated heterocycles. The topological polar surface area (TPSA) is 233 Å². The summed E-state index contributed by atoms with van der Waals surface area (Å²) in [6, 6.07) is 6.89. The first-order valence-electron chi connectivity index (χ1n) is 15.1. The molecule has 0 saturated carbocycles. The number of fused-ring (bicyclic) bond motifs is 1. The van der Waals surface area contributed by atoms with Gasteiger partial charge in [0.05, 0.1) is 6.42 Å². The van der Waals surface area contributed by atoms with E-state index in [-0.39, 0.29) is 23.4 Å². The van der Waals surface area contributed by atoms with E-state index in [1.807, 2.05) is 0 Å². The zero-order valence-electron chi connectivity index (χ0n) is 27.1. The van der Waals surface area contributed by atoms with Crippen LogP contribution in [0.15, 0.2) is 57.7 Å². The van der Waals surface area contributed by atoms with Crippen LogP contribution in [0.5, 0.6) is 5.75 Å². The average Bonchev–Trinajstić information content (AvgIpc) is 2.99. The first kappa shape index (κ1) is 36.7. The molecule has 0 aliphatic rings. The van der Waals surface area contributed by atoms with Gasteiger partial charge in [0.2, 0.25) is 29.5 Å². The smallest absolute Gasteiger partial charge is 0.336 e. The van der Waals surface area contributed by atoms with Gasteiger partial charge in [-0.2, -0.15) is 0 Å². The van der Waals surface area contributed by atoms with Crippen LogP contribution in [0.1, 0.15) is 45.2 Å². The predicted molar refractivity (Wildman–Crippen MR) is 174 cm³/mol. The van der Waals surface area contributed by atoms with Crippen molar-refractivity contribution in [2.45, 2.75) is 71.6 Å². The number of nitrogens with one attached hydrogen (secondary N) is 5. The molecule has 256 valence electrons. The maximum absolute atomic E-state index is 13.2. The number of amides is 5. The number of benzene rings is 2. The van der Waals surface area contributed by atoms with Gasteiger partial charge in [-0.25, -0.2) is 4.79 Å². The fraction of sp³-hybridized carbons (Fsp3) is 0.364. The van der Waals surface area contributed by atoms with Crippen LogP contribution in [0.25, 0.3) is 11.0 Å². The summed E-state index contributed by atoms with van der Waals surface area (Å²) in [5.74, 6) is -5.43. The van der Waals surface area contributed by atoms with Crippen LogP contribution < -0.4 is 32.2 Å². The second-order valence-electron chi connectivity index (χ2n) is 11.7. The molecule has 3 rings (SSSR count). The van der Waals surface area contributed by atoms with E-state index in [0.29, 0.717) is 16.5 Å². The van der Waals surface area contributed by atoms with Crippen molar-refractivity contribution < 1.29 is 43.4 Å². The number of anilines is 1. The Morgan fingerprint density at radius 3 is 2.06 bits per heavy atom. The van der Waals surface area contributed by atoms with Gasteiger partial charge in [-0.1, -0.05) is 26.0 Å². The zero-order valence-corrected chi connectivity index (χ0v) is 27.1. The Balaban J connectivity index is 1.68. The lowest BCUT2D eigenvalue weighted by molar-refractivity contribution is -0.140. The van der Waals surface area contributed by atoms with Crippen LogP contribution in [0.3, 0.4) is 0 Å². The molecule has 5 amide bonds. The van der Waals surface area contributed by atoms with Gasteiger partial charge in [0.15, 0.2) is 0 Å². The lowest BCUT2D eigenvalue weighted by atomic mass is 10.0. The van der Waals surface area contributed by atoms with E-state index in [9.17, 15) is 43.8 Å². The van der Waals surface area contributed by atoms with Crippen LogP contribution in [0.2, 0.25) is 0 Å². The van der Waals surface area contributed by atoms with Gasteiger partial charge in [0.25, 0.3) is 0 Å². The summed E-state index contributed by atoms with van der Waals surface area (Å²) in [5.41, 5.74) is 1.09. The SMILES string of the molecule is CC(=O)N[C@H](Cc1ccc(O)cc1)C(=O)N[C@H](C(=O)N[C@@H](C)C(=O)N[C@H](CC(=O)O)C(=O)Nc1ccc2c(C)cc(=O)oc2c1)C(C)C. The molecule has 2 aromatic carbocycles. The predicted octanol–water partition coefficient (Wildman–Crippen LogP) is 1.10. The molecular formula is C33H39N5O10. The van der Waals surface area contributed by atoms with E-state index in [1.165, 1.54) is 44.2 Å². The number of aryl methyl sites for hydroxylation is 1. The minimum Gasteiger partial charge on any atom is -0.508 e. The molecule has 7 N–H and O–H groups in total. The molecule has 0 fully saturated rings. The van der Waals surface area contributed by atoms with Gasteiger partial charge < -0.3 is 41.2 Å². The van der Waals surface area contributed by atoms with Crippen molar-refractivity contribution in [3.8, 4) is 5.75 Å². The van der Waals surface area contributed by atoms with Crippen molar-refractivity contribution in [2.75, 3.05) is 5.32 Å². The molecule has 15 nitrogen and oxygen atoms in total. The molecule has 1 aromatic heterocycles. The Labute approximate surface area is 275 Å². The second kappa shape index (κ2) is 16.2. The van der Waals surface area contributed by atoms with Crippen molar-refractivity contribution in [3.05, 3.63) is 70.1 Å². The first-order chi connectivity index (χ1) is 22.5. The summed E-state index contributed by atoms with van der Waals surface area (Å²) in [5, 5.41) is 32.0. The molecule has 0 radical (unpaired) electrons. The molecule has 15 heteroatoms. The average molecular weight is 666 g/mol. The van der Waals surface area contributed by atoms with E-state index in [1.54, 1.807) is 39.0 Å². The van der Waals surface area contributed by atoms with Crippen LogP contribution in [0, 0.1) is 12.8 Å². The highest BCUT2D eigenvalue weighted by atomic mass is 16.4. The lowest BCUT2D eigenvalue weighted by Crippen LogP contribution is -2.58. The molecular weight excluding hydrogens is 626 g/mol. The Morgan fingerprint density at radius 1 is 0.792 bits per heavy atom. The summed E-state index contributed by atoms with van der Waals surface area (Å²) in [7, 11) is 0. The second-order valence-corrected chi connectivity index (χ2v) is 11.7. The van der Waals surface area contributed by atoms with Crippen LogP contribution in [-0.2, 0) is 35.2 Å². The highest BCUT2D eigenvalue weighted by molar-refractivity contribution is 6.01. The monoisotopic (exact) mass is 665 g/mol. The van der Waals surface area contributed by atoms with Crippen molar-refractivity contribution in [1.82, 2.24) is 21.3 Å². The Bertz CT molecular complexity index is 1750. The van der Waals surface area contributed by atoms with E-state index < -0.39 is 77.6 Å². The number of hydrogen-bond donors (Lipinski definition) is 7. The third kappa shape index (κ3) is 10.4. The van der Waals surface area contributed by atoms with Gasteiger partial charge in [0, 0.05) is 36.6 Å². The highest BCUT2D eigenvalue weighted by Crippen LogP contribution is 2.21. The third-order valence-corrected chi connectivity index (χ3v) is 7.30. The maximum Gasteiger partial charge on any atom is 0.336 e. The Morgan fingerprint density at radius 2 is 1.46 bits per heavy atom. The standard InChI is InChI=1S/C33H39N5O10/c1-16(2)29(38-32(46)24(35-19(5)39)13-20-6-9-22(40)10-7-20)33(47)34-18(4)30(44)37-25(15-27(41)42)31(45)36-21-8-11-23-17(3)12-28(43)48-26(23)14-21/h6-12,14,16,18,24-25,29,40H,13,15H2,1-5H3,(H,34,47)(H,35,39)(H,36,45)(H,37,44)(H,38,46)(H,41,42)/t18-,24+,25+,29-/m0/s1. The van der Waals surface area contributed by atoms with Crippen LogP contribution >= 0.6 is 0 Å². The number of aliphatic carboxylic acids is 1. The fourth-order valence-electron chi connectivity index (χ4n) is 4.79. The molecule has 0 unspecified atom stereocenters. The van der Waals surface area contributed by atoms with E-state index in [4.69, 9.17) is 4.42 Å². The Kier molecular flexibility index (Phi) is 12.4. The molecule has 3 aromatic rings. The van der Waals surface area contributed by atoms with Gasteiger partial charge in [-0.05, 0) is 55.2 Å². The van der Waals surface area contributed by atoms with Gasteiger partial charge in [-0.3, -0.25) is 28.8 Å². The molecule has 0 spiro atoms. The third-order valence-electron chi connectivity index (χ3n) is 7.30. The number of phenols is 1. The molecule has 0 bridgehead atoms. The number of aromatic hydroxyl groups is 1. The largest absolute Gasteiger partial charge is 0.508 e. The number of carboxylic acid groups (broad SMARTS) is 1. The molecule has 4 atom stereocenters. The Hall–Kier alpha value is -5.73. The van der Waals surface area contributed by atoms with E-state index >= 15 is 0 Å². The maximum atomic E-state index is 13.2. The van der Waals surface area contributed by atoms with Crippen molar-refractivity contribution >= 4 is 52.2 Å². The normalized spacial score (nSPS) is 13.5. The molecule has 0 aliphatic heterocycles. The number of carbonyl (C=O) groups is 6. The quantitative estimate of drug-likeness (QED) is 0.121. The van der Waals surface area contributed by atoms with Gasteiger partial charge in [-0.15, -0.1) is 0 Å². The number of carboxylic acids is 1. The summed E-state index contributed by atoms with van der Waals surface area (Å²) in [6.07, 6.45) is -0.715. The number of rotatable bonds is 14. The number of phenolic OH excluding ortho intramolecular Hbond substituents is 1. The van der Waals surface area contributed by atoms with Crippen LogP contribution in [-0.4, -0.2) is 69.9 Å². The summed E-state index contributed by atoms with van der Waals surface area (Å²) in [6.45, 7) is 7.60. The molecule has 0 aliphatic carbocycles. The minimum atomic E-state index is -1.55. The van der Waals surface area contributed by atoms with Crippen molar-refractivity contribution in [2.24, 2.45) is 5.92 Å². The molecule has 48 heavy (non-hydrogen) atoms. The summed E-state index contributed by atoms with van der Waals surface area (Å²) in [4.78, 5) is 87.7.